The zero-order valence-corrected chi connectivity index (χ0v) is 29.4. The molecule has 0 aliphatic carbocycles. The van der Waals surface area contributed by atoms with Crippen LogP contribution in [0.1, 0.15) is 0 Å². The monoisotopic (exact) mass is 827 g/mol. The quantitative estimate of drug-likeness (QED) is 0.0819. The van der Waals surface area contributed by atoms with Crippen molar-refractivity contribution >= 4 is 0 Å². The maximum absolute atomic E-state index is 11.1. The molecule has 0 saturated carbocycles. The highest BCUT2D eigenvalue weighted by atomic mass is 16.8. The van der Waals surface area contributed by atoms with Gasteiger partial charge in [0.1, 0.15) is 116 Å². The fourth-order valence-electron chi connectivity index (χ4n) is 7.08. The Morgan fingerprint density at radius 1 is 0.321 bits per heavy atom. The molecule has 18 N–H and O–H groups in total. The zero-order valence-electron chi connectivity index (χ0n) is 29.4. The van der Waals surface area contributed by atoms with E-state index in [0.717, 1.165) is 0 Å². The minimum absolute atomic E-state index is 0.686. The summed E-state index contributed by atoms with van der Waals surface area (Å²) in [5.74, 6) is 0. The van der Waals surface area contributed by atoms with Gasteiger partial charge >= 0.3 is 0 Å². The summed E-state index contributed by atoms with van der Waals surface area (Å²) in [5.41, 5.74) is 5.74. The number of aliphatic hydroxyl groups excluding tert-OH is 16. The Bertz CT molecular complexity index is 1200. The van der Waals surface area contributed by atoms with Gasteiger partial charge in [-0.15, -0.1) is 0 Å². The van der Waals surface area contributed by atoms with Crippen LogP contribution in [0.5, 0.6) is 0 Å². The van der Waals surface area contributed by atoms with E-state index in [-0.39, 0.29) is 0 Å². The molecule has 0 radical (unpaired) electrons. The number of aliphatic hydroxyl groups is 16. The van der Waals surface area contributed by atoms with Gasteiger partial charge in [0, 0.05) is 0 Å². The minimum atomic E-state index is -2.11. The fourth-order valence-corrected chi connectivity index (χ4v) is 7.08. The summed E-state index contributed by atoms with van der Waals surface area (Å²) < 4.78 is 49.3. The number of nitrogens with two attached hydrogens (primary N) is 1. The molecule has 0 spiro atoms. The Morgan fingerprint density at radius 3 is 0.875 bits per heavy atom. The molecule has 0 aromatic rings. The number of hydrogen-bond donors (Lipinski definition) is 17. The second-order valence-corrected chi connectivity index (χ2v) is 14.0. The van der Waals surface area contributed by atoms with Gasteiger partial charge in [-0.25, -0.2) is 0 Å². The van der Waals surface area contributed by atoms with Gasteiger partial charge in [-0.05, 0) is 0 Å². The maximum Gasteiger partial charge on any atom is 0.187 e. The molecule has 26 heteroatoms. The van der Waals surface area contributed by atoms with Gasteiger partial charge in [0.05, 0.1) is 39.1 Å². The van der Waals surface area contributed by atoms with Crippen LogP contribution in [0.4, 0.5) is 0 Å². The van der Waals surface area contributed by atoms with Gasteiger partial charge < -0.3 is 130 Å². The van der Waals surface area contributed by atoms with Gasteiger partial charge in [-0.3, -0.25) is 0 Å². The van der Waals surface area contributed by atoms with E-state index in [0.29, 0.717) is 0 Å². The largest absolute Gasteiger partial charge is 0.394 e. The summed E-state index contributed by atoms with van der Waals surface area (Å²) in [5, 5.41) is 166. The summed E-state index contributed by atoms with van der Waals surface area (Å²) in [6.07, 6.45) is -43.1. The molecule has 0 aromatic heterocycles. The Balaban J connectivity index is 1.22. The molecule has 0 bridgehead atoms. The molecule has 10 unspecified atom stereocenters. The lowest BCUT2D eigenvalue weighted by atomic mass is 9.95. The van der Waals surface area contributed by atoms with E-state index in [2.05, 4.69) is 0 Å². The van der Waals surface area contributed by atoms with E-state index < -0.39 is 187 Å². The first kappa shape index (κ1) is 46.0. The van der Waals surface area contributed by atoms with Crippen LogP contribution in [0.15, 0.2) is 0 Å². The average Bonchev–Trinajstić information content (AvgIpc) is 3.19. The smallest absolute Gasteiger partial charge is 0.187 e. The van der Waals surface area contributed by atoms with Crippen molar-refractivity contribution in [2.45, 2.75) is 153 Å². The summed E-state index contributed by atoms with van der Waals surface area (Å²) in [6.45, 7) is -4.34. The molecule has 26 nitrogen and oxygen atoms in total. The van der Waals surface area contributed by atoms with E-state index >= 15 is 0 Å². The molecule has 5 aliphatic rings. The lowest BCUT2D eigenvalue weighted by Gasteiger charge is -2.49. The molecule has 25 atom stereocenters. The third kappa shape index (κ3) is 9.16. The highest BCUT2D eigenvalue weighted by molar-refractivity contribution is 4.99. The van der Waals surface area contributed by atoms with Crippen LogP contribution in [0.3, 0.4) is 0 Å². The molecular weight excluding hydrogens is 774 g/mol. The molecule has 56 heavy (non-hydrogen) atoms. The first-order valence-corrected chi connectivity index (χ1v) is 17.7. The third-order valence-electron chi connectivity index (χ3n) is 10.4. The highest BCUT2D eigenvalue weighted by Crippen LogP contribution is 2.35. The van der Waals surface area contributed by atoms with Crippen LogP contribution in [0, 0.1) is 0 Å². The molecule has 5 saturated heterocycles. The van der Waals surface area contributed by atoms with Gasteiger partial charge in [0.25, 0.3) is 0 Å². The Hall–Kier alpha value is -1.04. The van der Waals surface area contributed by atoms with Crippen LogP contribution >= 0.6 is 0 Å². The topological polar surface area (TPSA) is 433 Å². The number of rotatable bonds is 13. The predicted molar refractivity (Wildman–Crippen MR) is 168 cm³/mol. The Labute approximate surface area is 316 Å². The third-order valence-corrected chi connectivity index (χ3v) is 10.4. The summed E-state index contributed by atoms with van der Waals surface area (Å²) in [4.78, 5) is 0. The molecule has 5 rings (SSSR count). The molecule has 0 amide bonds. The van der Waals surface area contributed by atoms with E-state index in [1.807, 2.05) is 0 Å². The van der Waals surface area contributed by atoms with E-state index in [1.165, 1.54) is 0 Å². The molecular formula is C30H53NO25. The molecule has 5 heterocycles. The number of hydrogen-bond acceptors (Lipinski definition) is 26. The van der Waals surface area contributed by atoms with E-state index in [1.54, 1.807) is 0 Å². The first-order valence-electron chi connectivity index (χ1n) is 17.7. The van der Waals surface area contributed by atoms with Crippen LogP contribution in [-0.2, 0) is 42.6 Å². The van der Waals surface area contributed by atoms with Crippen molar-refractivity contribution < 1.29 is 124 Å². The summed E-state index contributed by atoms with van der Waals surface area (Å²) in [6, 6.07) is -1.22. The van der Waals surface area contributed by atoms with Crippen LogP contribution in [-0.4, -0.2) is 268 Å². The lowest BCUT2D eigenvalue weighted by molar-refractivity contribution is -0.392. The second-order valence-electron chi connectivity index (χ2n) is 14.0. The zero-order chi connectivity index (χ0) is 41.3. The minimum Gasteiger partial charge on any atom is -0.394 e. The van der Waals surface area contributed by atoms with Crippen molar-refractivity contribution in [3.8, 4) is 0 Å². The van der Waals surface area contributed by atoms with Crippen molar-refractivity contribution in [2.24, 2.45) is 5.73 Å². The fraction of sp³-hybridized carbons (Fsp3) is 1.00. The average molecular weight is 828 g/mol. The summed E-state index contributed by atoms with van der Waals surface area (Å²) >= 11 is 0. The van der Waals surface area contributed by atoms with Crippen molar-refractivity contribution in [3.63, 3.8) is 0 Å². The van der Waals surface area contributed by atoms with Gasteiger partial charge in [-0.2, -0.15) is 0 Å². The van der Waals surface area contributed by atoms with Crippen molar-refractivity contribution in [1.29, 1.82) is 0 Å². The molecule has 0 aromatic carbocycles. The molecule has 5 aliphatic heterocycles. The first-order chi connectivity index (χ1) is 26.5. The lowest BCUT2D eigenvalue weighted by Crippen LogP contribution is -2.68. The Morgan fingerprint density at radius 2 is 0.571 bits per heavy atom. The van der Waals surface area contributed by atoms with Gasteiger partial charge in [0.15, 0.2) is 31.5 Å². The van der Waals surface area contributed by atoms with Gasteiger partial charge in [0.2, 0.25) is 0 Å². The van der Waals surface area contributed by atoms with Crippen LogP contribution in [0.2, 0.25) is 0 Å². The van der Waals surface area contributed by atoms with Crippen molar-refractivity contribution in [3.05, 3.63) is 0 Å². The van der Waals surface area contributed by atoms with Gasteiger partial charge in [-0.1, -0.05) is 0 Å². The summed E-state index contributed by atoms with van der Waals surface area (Å²) in [7, 11) is 0. The van der Waals surface area contributed by atoms with Crippen LogP contribution in [0.25, 0.3) is 0 Å². The SMILES string of the molecule is N[C@@H]1C(CO)O[C@H](O[C@@H]2C(CO)O[C@H](O[C@@H]3C(CO)O[C@H](O[C@@H]4C(CO)O[C@H](O[C@@H]5C(CO)O[C@@H](O)C(O)[C@H]5O)C(O)[C@H]4O)C(O)[C@H]3O)C(O)[C@H]2O)C(O)[C@H]1O. The normalized spacial score (nSPS) is 53.2. The van der Waals surface area contributed by atoms with Crippen molar-refractivity contribution in [2.75, 3.05) is 33.0 Å². The highest BCUT2D eigenvalue weighted by Gasteiger charge is 2.56. The second kappa shape index (κ2) is 19.6. The standard InChI is InChI=1S/C30H53NO25/c31-11-6(1-32)49-27(18(43)12(11)37)54-23-8(3-34)51-29(20(45)14(23)39)56-25-10(5-36)52-30(21(46)16(25)41)55-24-9(4-35)50-28(19(44)15(24)40)53-22-7(2-33)48-26(47)17(42)13(22)38/h6-30,32-47H,1-5,31H2/t6?,7?,8?,9?,10?,11-,12+,13-,14-,15-,16-,17?,18?,19?,20?,21?,22-,23-,24-,25-,26-,27-,28-,29-,30-/m1/s1. The molecule has 328 valence electrons. The van der Waals surface area contributed by atoms with E-state index in [4.69, 9.17) is 48.4 Å². The Kier molecular flexibility index (Phi) is 16.1. The predicted octanol–water partition coefficient (Wildman–Crippen LogP) is -12.0. The maximum atomic E-state index is 11.1. The number of ether oxygens (including phenoxy) is 9. The van der Waals surface area contributed by atoms with Crippen molar-refractivity contribution in [1.82, 2.24) is 0 Å². The van der Waals surface area contributed by atoms with Crippen LogP contribution < -0.4 is 5.73 Å². The van der Waals surface area contributed by atoms with E-state index in [9.17, 15) is 81.7 Å². The molecule has 5 fully saturated rings.